The van der Waals surface area contributed by atoms with E-state index >= 15 is 4.39 Å². The zero-order valence-corrected chi connectivity index (χ0v) is 26.7. The van der Waals surface area contributed by atoms with Crippen molar-refractivity contribution < 1.29 is 37.7 Å². The highest BCUT2D eigenvalue weighted by atomic mass is 19.1. The molecule has 47 heavy (non-hydrogen) atoms. The van der Waals surface area contributed by atoms with Crippen LogP contribution in [0.25, 0.3) is 10.9 Å². The van der Waals surface area contributed by atoms with Gasteiger partial charge in [0.1, 0.15) is 11.3 Å². The molecular formula is C35H39FN4O7. The standard InChI is InChI=1S/C35H39FN4O7/c1-4-45-31-19-22(5-8-29(31)43-2)13-17-39-34(41)35(42)40-24-6-9-28(26(36)20-24)47-27-14-18-38-32-25(27)7-10-30(33(32)44-3)46-21-23-11-15-37-16-12-23/h5-10,14,18-20,23,37H,4,11-13,15-17,21H2,1-3H3,(H,39,41)(H,40,42). The van der Waals surface area contributed by atoms with E-state index in [2.05, 4.69) is 20.9 Å². The van der Waals surface area contributed by atoms with Crippen LogP contribution < -0.4 is 39.6 Å². The van der Waals surface area contributed by atoms with Gasteiger partial charge in [0, 0.05) is 29.9 Å². The van der Waals surface area contributed by atoms with Crippen LogP contribution in [0.15, 0.2) is 60.8 Å². The SMILES string of the molecule is CCOc1cc(CCNC(=O)C(=O)Nc2ccc(Oc3ccnc4c(OC)c(OCC5CCNCC5)ccc34)c(F)c2)ccc1OC. The Balaban J connectivity index is 1.19. The molecule has 11 nitrogen and oxygen atoms in total. The predicted octanol–water partition coefficient (Wildman–Crippen LogP) is 5.26. The van der Waals surface area contributed by atoms with Crippen molar-refractivity contribution in [1.82, 2.24) is 15.6 Å². The molecule has 0 bridgehead atoms. The van der Waals surface area contributed by atoms with Crippen LogP contribution in [0.1, 0.15) is 25.3 Å². The highest BCUT2D eigenvalue weighted by Crippen LogP contribution is 2.40. The van der Waals surface area contributed by atoms with E-state index in [1.54, 1.807) is 44.7 Å². The van der Waals surface area contributed by atoms with Crippen LogP contribution in [0, 0.1) is 11.7 Å². The second-order valence-electron chi connectivity index (χ2n) is 10.9. The van der Waals surface area contributed by atoms with Crippen molar-refractivity contribution in [3.05, 3.63) is 72.2 Å². The molecule has 248 valence electrons. The molecule has 1 aromatic heterocycles. The molecule has 3 aromatic carbocycles. The van der Waals surface area contributed by atoms with Crippen molar-refractivity contribution in [3.8, 4) is 34.5 Å². The summed E-state index contributed by atoms with van der Waals surface area (Å²) < 4.78 is 43.7. The number of halogens is 1. The molecule has 1 saturated heterocycles. The molecule has 3 N–H and O–H groups in total. The van der Waals surface area contributed by atoms with E-state index in [0.29, 0.717) is 65.2 Å². The average Bonchev–Trinajstić information content (AvgIpc) is 3.09. The zero-order chi connectivity index (χ0) is 33.2. The van der Waals surface area contributed by atoms with Gasteiger partial charge in [0.15, 0.2) is 34.6 Å². The van der Waals surface area contributed by atoms with Crippen LogP contribution in [-0.4, -0.2) is 63.9 Å². The van der Waals surface area contributed by atoms with Crippen molar-refractivity contribution >= 4 is 28.4 Å². The summed E-state index contributed by atoms with van der Waals surface area (Å²) in [5.74, 6) is 0.511. The molecule has 0 spiro atoms. The van der Waals surface area contributed by atoms with Gasteiger partial charge in [-0.2, -0.15) is 0 Å². The number of anilines is 1. The van der Waals surface area contributed by atoms with E-state index in [9.17, 15) is 9.59 Å². The second kappa shape index (κ2) is 15.9. The highest BCUT2D eigenvalue weighted by molar-refractivity contribution is 6.39. The summed E-state index contributed by atoms with van der Waals surface area (Å²) in [5, 5.41) is 8.96. The smallest absolute Gasteiger partial charge is 0.313 e. The number of pyridine rings is 1. The third-order valence-corrected chi connectivity index (χ3v) is 7.77. The lowest BCUT2D eigenvalue weighted by Gasteiger charge is -2.23. The third-order valence-electron chi connectivity index (χ3n) is 7.77. The van der Waals surface area contributed by atoms with Crippen molar-refractivity contribution in [2.24, 2.45) is 5.92 Å². The molecule has 0 atom stereocenters. The van der Waals surface area contributed by atoms with Crippen LogP contribution in [0.2, 0.25) is 0 Å². The van der Waals surface area contributed by atoms with Gasteiger partial charge in [-0.25, -0.2) is 4.39 Å². The Morgan fingerprint density at radius 3 is 2.43 bits per heavy atom. The van der Waals surface area contributed by atoms with Gasteiger partial charge in [-0.1, -0.05) is 6.07 Å². The number of piperidine rings is 1. The van der Waals surface area contributed by atoms with Crippen molar-refractivity contribution in [2.45, 2.75) is 26.2 Å². The Bertz CT molecular complexity index is 1710. The van der Waals surface area contributed by atoms with E-state index < -0.39 is 17.6 Å². The Labute approximate surface area is 272 Å². The lowest BCUT2D eigenvalue weighted by molar-refractivity contribution is -0.136. The van der Waals surface area contributed by atoms with Crippen molar-refractivity contribution in [1.29, 1.82) is 0 Å². The molecule has 0 unspecified atom stereocenters. The first-order valence-corrected chi connectivity index (χ1v) is 15.6. The van der Waals surface area contributed by atoms with Crippen LogP contribution in [0.3, 0.4) is 0 Å². The summed E-state index contributed by atoms with van der Waals surface area (Å²) in [5.41, 5.74) is 1.52. The van der Waals surface area contributed by atoms with Gasteiger partial charge in [-0.3, -0.25) is 14.6 Å². The van der Waals surface area contributed by atoms with Crippen molar-refractivity contribution in [2.75, 3.05) is 52.4 Å². The van der Waals surface area contributed by atoms with E-state index in [4.69, 9.17) is 23.7 Å². The minimum Gasteiger partial charge on any atom is -0.493 e. The summed E-state index contributed by atoms with van der Waals surface area (Å²) >= 11 is 0. The number of benzene rings is 3. The first-order valence-electron chi connectivity index (χ1n) is 15.6. The first-order chi connectivity index (χ1) is 22.9. The Kier molecular flexibility index (Phi) is 11.3. The van der Waals surface area contributed by atoms with Gasteiger partial charge in [-0.15, -0.1) is 0 Å². The number of hydrogen-bond acceptors (Lipinski definition) is 9. The molecule has 1 aliphatic rings. The molecule has 4 aromatic rings. The number of carbonyl (C=O) groups excluding carboxylic acids is 2. The molecule has 2 amide bonds. The summed E-state index contributed by atoms with van der Waals surface area (Å²) in [6, 6.07) is 14.6. The van der Waals surface area contributed by atoms with Crippen molar-refractivity contribution in [3.63, 3.8) is 0 Å². The normalized spacial score (nSPS) is 13.1. The van der Waals surface area contributed by atoms with Gasteiger partial charge in [0.2, 0.25) is 0 Å². The van der Waals surface area contributed by atoms with Gasteiger partial charge < -0.3 is 39.6 Å². The van der Waals surface area contributed by atoms with Crippen LogP contribution >= 0.6 is 0 Å². The monoisotopic (exact) mass is 646 g/mol. The third kappa shape index (κ3) is 8.39. The fraction of sp³-hybridized carbons (Fsp3) is 0.343. The Hall–Kier alpha value is -5.10. The number of aromatic nitrogens is 1. The van der Waals surface area contributed by atoms with Gasteiger partial charge in [0.25, 0.3) is 0 Å². The second-order valence-corrected chi connectivity index (χ2v) is 10.9. The molecule has 12 heteroatoms. The summed E-state index contributed by atoms with van der Waals surface area (Å²) in [6.07, 6.45) is 4.12. The molecule has 2 heterocycles. The van der Waals surface area contributed by atoms with Crippen LogP contribution in [-0.2, 0) is 16.0 Å². The number of ether oxygens (including phenoxy) is 5. The molecule has 5 rings (SSSR count). The molecule has 1 fully saturated rings. The van der Waals surface area contributed by atoms with Crippen LogP contribution in [0.4, 0.5) is 10.1 Å². The van der Waals surface area contributed by atoms with Gasteiger partial charge in [-0.05, 0) is 93.2 Å². The molecular weight excluding hydrogens is 607 g/mol. The van der Waals surface area contributed by atoms with E-state index in [1.807, 2.05) is 19.1 Å². The molecule has 0 radical (unpaired) electrons. The number of amides is 2. The predicted molar refractivity (Wildman–Crippen MR) is 175 cm³/mol. The maximum Gasteiger partial charge on any atom is 0.313 e. The minimum atomic E-state index is -0.923. The fourth-order valence-corrected chi connectivity index (χ4v) is 5.32. The topological polar surface area (TPSA) is 129 Å². The quantitative estimate of drug-likeness (QED) is 0.167. The average molecular weight is 647 g/mol. The number of methoxy groups -OCH3 is 2. The maximum atomic E-state index is 15.1. The van der Waals surface area contributed by atoms with E-state index in [-0.39, 0.29) is 18.0 Å². The summed E-state index contributed by atoms with van der Waals surface area (Å²) in [4.78, 5) is 29.4. The zero-order valence-electron chi connectivity index (χ0n) is 26.7. The van der Waals surface area contributed by atoms with Gasteiger partial charge in [0.05, 0.1) is 27.4 Å². The summed E-state index contributed by atoms with van der Waals surface area (Å²) in [7, 11) is 3.11. The van der Waals surface area contributed by atoms with Gasteiger partial charge >= 0.3 is 11.8 Å². The minimum absolute atomic E-state index is 0.0731. The molecule has 1 aliphatic heterocycles. The number of rotatable bonds is 13. The summed E-state index contributed by atoms with van der Waals surface area (Å²) in [6.45, 7) is 5.10. The maximum absolute atomic E-state index is 15.1. The molecule has 0 aliphatic carbocycles. The number of nitrogens with one attached hydrogen (secondary N) is 3. The van der Waals surface area contributed by atoms with E-state index in [0.717, 1.165) is 37.6 Å². The number of fused-ring (bicyclic) bond motifs is 1. The Morgan fingerprint density at radius 1 is 0.894 bits per heavy atom. The number of hydrogen-bond donors (Lipinski definition) is 3. The molecule has 0 saturated carbocycles. The lowest BCUT2D eigenvalue weighted by atomic mass is 9.99. The van der Waals surface area contributed by atoms with Crippen LogP contribution in [0.5, 0.6) is 34.5 Å². The number of nitrogens with zero attached hydrogens (tertiary/aromatic N) is 1. The van der Waals surface area contributed by atoms with E-state index in [1.165, 1.54) is 12.1 Å². The fourth-order valence-electron chi connectivity index (χ4n) is 5.32. The largest absolute Gasteiger partial charge is 0.493 e. The lowest BCUT2D eigenvalue weighted by Crippen LogP contribution is -2.36. The number of carbonyl (C=O) groups is 2. The first kappa shape index (κ1) is 33.3. The Morgan fingerprint density at radius 2 is 1.68 bits per heavy atom. The highest BCUT2D eigenvalue weighted by Gasteiger charge is 2.19.